The molecule has 0 spiro atoms. The standard InChI is InChI=1S/C17H21N3O/c1-13(2)14-4-3-5-15(10-14)16-11-18-17(19-12-16)20-6-8-21-9-7-20/h3-5,10-13H,6-9H2,1-2H3. The van der Waals surface area contributed by atoms with E-state index in [1.54, 1.807) is 0 Å². The van der Waals surface area contributed by atoms with Crippen LogP contribution in [0.2, 0.25) is 0 Å². The molecule has 0 N–H and O–H groups in total. The summed E-state index contributed by atoms with van der Waals surface area (Å²) in [4.78, 5) is 11.2. The molecule has 0 unspecified atom stereocenters. The second-order valence-corrected chi connectivity index (χ2v) is 5.65. The molecule has 1 aliphatic rings. The first-order valence-corrected chi connectivity index (χ1v) is 7.49. The van der Waals surface area contributed by atoms with Crippen LogP contribution in [-0.4, -0.2) is 36.3 Å². The zero-order valence-electron chi connectivity index (χ0n) is 12.6. The van der Waals surface area contributed by atoms with Gasteiger partial charge in [0.25, 0.3) is 0 Å². The van der Waals surface area contributed by atoms with Gasteiger partial charge in [0.15, 0.2) is 0 Å². The first kappa shape index (κ1) is 14.0. The average Bonchev–Trinajstić information content (AvgIpc) is 2.56. The summed E-state index contributed by atoms with van der Waals surface area (Å²) in [6, 6.07) is 8.59. The van der Waals surface area contributed by atoms with Gasteiger partial charge in [-0.3, -0.25) is 0 Å². The molecule has 0 radical (unpaired) electrons. The minimum Gasteiger partial charge on any atom is -0.378 e. The summed E-state index contributed by atoms with van der Waals surface area (Å²) in [6.45, 7) is 7.64. The lowest BCUT2D eigenvalue weighted by atomic mass is 9.99. The molecule has 2 heterocycles. The molecule has 1 aliphatic heterocycles. The van der Waals surface area contributed by atoms with Gasteiger partial charge in [0.2, 0.25) is 5.95 Å². The molecule has 0 aliphatic carbocycles. The van der Waals surface area contributed by atoms with Crippen molar-refractivity contribution in [2.75, 3.05) is 31.2 Å². The van der Waals surface area contributed by atoms with Crippen LogP contribution in [0.5, 0.6) is 0 Å². The van der Waals surface area contributed by atoms with Crippen LogP contribution in [0.15, 0.2) is 36.7 Å². The van der Waals surface area contributed by atoms with E-state index < -0.39 is 0 Å². The lowest BCUT2D eigenvalue weighted by molar-refractivity contribution is 0.122. The van der Waals surface area contributed by atoms with Crippen LogP contribution in [-0.2, 0) is 4.74 Å². The molecule has 0 atom stereocenters. The number of hydrogen-bond acceptors (Lipinski definition) is 4. The fraction of sp³-hybridized carbons (Fsp3) is 0.412. The highest BCUT2D eigenvalue weighted by Crippen LogP contribution is 2.23. The highest BCUT2D eigenvalue weighted by molar-refractivity contribution is 5.63. The summed E-state index contributed by atoms with van der Waals surface area (Å²) in [6.07, 6.45) is 3.83. The summed E-state index contributed by atoms with van der Waals surface area (Å²) < 4.78 is 5.35. The quantitative estimate of drug-likeness (QED) is 0.867. The zero-order chi connectivity index (χ0) is 14.7. The van der Waals surface area contributed by atoms with E-state index >= 15 is 0 Å². The van der Waals surface area contributed by atoms with E-state index in [9.17, 15) is 0 Å². The number of benzene rings is 1. The monoisotopic (exact) mass is 283 g/mol. The Kier molecular flexibility index (Phi) is 4.15. The van der Waals surface area contributed by atoms with Crippen molar-refractivity contribution in [1.29, 1.82) is 0 Å². The molecule has 110 valence electrons. The fourth-order valence-corrected chi connectivity index (χ4v) is 2.47. The fourth-order valence-electron chi connectivity index (χ4n) is 2.47. The molecule has 1 aromatic heterocycles. The van der Waals surface area contributed by atoms with E-state index in [-0.39, 0.29) is 0 Å². The summed E-state index contributed by atoms with van der Waals surface area (Å²) in [5.41, 5.74) is 3.58. The lowest BCUT2D eigenvalue weighted by Crippen LogP contribution is -2.37. The maximum Gasteiger partial charge on any atom is 0.225 e. The molecule has 2 aromatic rings. The summed E-state index contributed by atoms with van der Waals surface area (Å²) in [7, 11) is 0. The minimum absolute atomic E-state index is 0.526. The normalized spacial score (nSPS) is 15.5. The third-order valence-electron chi connectivity index (χ3n) is 3.82. The van der Waals surface area contributed by atoms with Crippen LogP contribution in [0.1, 0.15) is 25.3 Å². The highest BCUT2D eigenvalue weighted by Gasteiger charge is 2.13. The maximum absolute atomic E-state index is 5.35. The Bertz CT molecular complexity index is 589. The smallest absolute Gasteiger partial charge is 0.225 e. The van der Waals surface area contributed by atoms with E-state index in [1.165, 1.54) is 11.1 Å². The molecule has 3 rings (SSSR count). The van der Waals surface area contributed by atoms with Crippen LogP contribution in [0, 0.1) is 0 Å². The van der Waals surface area contributed by atoms with Gasteiger partial charge >= 0.3 is 0 Å². The minimum atomic E-state index is 0.526. The van der Waals surface area contributed by atoms with Gasteiger partial charge < -0.3 is 9.64 Å². The van der Waals surface area contributed by atoms with E-state index in [1.807, 2.05) is 12.4 Å². The predicted molar refractivity (Wildman–Crippen MR) is 84.6 cm³/mol. The van der Waals surface area contributed by atoms with Gasteiger partial charge in [0, 0.05) is 31.0 Å². The second kappa shape index (κ2) is 6.22. The topological polar surface area (TPSA) is 38.2 Å². The Hall–Kier alpha value is -1.94. The number of nitrogens with zero attached hydrogens (tertiary/aromatic N) is 3. The van der Waals surface area contributed by atoms with E-state index in [0.29, 0.717) is 5.92 Å². The molecule has 0 amide bonds. The summed E-state index contributed by atoms with van der Waals surface area (Å²) in [5, 5.41) is 0. The molecule has 1 saturated heterocycles. The van der Waals surface area contributed by atoms with Crippen molar-refractivity contribution >= 4 is 5.95 Å². The van der Waals surface area contributed by atoms with Gasteiger partial charge in [0.1, 0.15) is 0 Å². The Morgan fingerprint density at radius 3 is 2.43 bits per heavy atom. The number of anilines is 1. The first-order chi connectivity index (χ1) is 10.2. The SMILES string of the molecule is CC(C)c1cccc(-c2cnc(N3CCOCC3)nc2)c1. The van der Waals surface area contributed by atoms with E-state index in [0.717, 1.165) is 37.8 Å². The van der Waals surface area contributed by atoms with Crippen molar-refractivity contribution in [2.24, 2.45) is 0 Å². The molecular weight excluding hydrogens is 262 g/mol. The maximum atomic E-state index is 5.35. The number of aromatic nitrogens is 2. The van der Waals surface area contributed by atoms with Gasteiger partial charge in [-0.1, -0.05) is 38.1 Å². The summed E-state index contributed by atoms with van der Waals surface area (Å²) in [5.74, 6) is 1.32. The Morgan fingerprint density at radius 1 is 1.05 bits per heavy atom. The van der Waals surface area contributed by atoms with Crippen LogP contribution in [0.3, 0.4) is 0 Å². The molecule has 0 saturated carbocycles. The van der Waals surface area contributed by atoms with Gasteiger partial charge in [0.05, 0.1) is 13.2 Å². The molecule has 1 aromatic carbocycles. The zero-order valence-corrected chi connectivity index (χ0v) is 12.6. The van der Waals surface area contributed by atoms with E-state index in [4.69, 9.17) is 4.74 Å². The second-order valence-electron chi connectivity index (χ2n) is 5.65. The van der Waals surface area contributed by atoms with Crippen molar-refractivity contribution in [2.45, 2.75) is 19.8 Å². The van der Waals surface area contributed by atoms with Crippen LogP contribution < -0.4 is 4.90 Å². The average molecular weight is 283 g/mol. The number of hydrogen-bond donors (Lipinski definition) is 0. The van der Waals surface area contributed by atoms with Crippen molar-refractivity contribution in [3.8, 4) is 11.1 Å². The van der Waals surface area contributed by atoms with E-state index in [2.05, 4.69) is 53.0 Å². The Morgan fingerprint density at radius 2 is 1.76 bits per heavy atom. The molecule has 4 nitrogen and oxygen atoms in total. The van der Waals surface area contributed by atoms with Crippen molar-refractivity contribution < 1.29 is 4.74 Å². The number of rotatable bonds is 3. The van der Waals surface area contributed by atoms with Crippen molar-refractivity contribution in [1.82, 2.24) is 9.97 Å². The Balaban J connectivity index is 1.81. The molecular formula is C17H21N3O. The van der Waals surface area contributed by atoms with Gasteiger partial charge in [-0.15, -0.1) is 0 Å². The predicted octanol–water partition coefficient (Wildman–Crippen LogP) is 3.10. The molecule has 21 heavy (non-hydrogen) atoms. The van der Waals surface area contributed by atoms with Crippen LogP contribution in [0.25, 0.3) is 11.1 Å². The van der Waals surface area contributed by atoms with Crippen LogP contribution in [0.4, 0.5) is 5.95 Å². The van der Waals surface area contributed by atoms with Crippen molar-refractivity contribution in [3.63, 3.8) is 0 Å². The lowest BCUT2D eigenvalue weighted by Gasteiger charge is -2.26. The largest absolute Gasteiger partial charge is 0.378 e. The first-order valence-electron chi connectivity index (χ1n) is 7.49. The van der Waals surface area contributed by atoms with Crippen molar-refractivity contribution in [3.05, 3.63) is 42.2 Å². The van der Waals surface area contributed by atoms with Gasteiger partial charge in [-0.05, 0) is 17.0 Å². The summed E-state index contributed by atoms with van der Waals surface area (Å²) >= 11 is 0. The Labute approximate surface area is 125 Å². The third-order valence-corrected chi connectivity index (χ3v) is 3.82. The van der Waals surface area contributed by atoms with Crippen LogP contribution >= 0.6 is 0 Å². The number of ether oxygens (including phenoxy) is 1. The highest BCUT2D eigenvalue weighted by atomic mass is 16.5. The number of morpholine rings is 1. The van der Waals surface area contributed by atoms with Gasteiger partial charge in [-0.25, -0.2) is 9.97 Å². The molecule has 4 heteroatoms. The third kappa shape index (κ3) is 3.22. The molecule has 0 bridgehead atoms. The molecule has 1 fully saturated rings. The van der Waals surface area contributed by atoms with Gasteiger partial charge in [-0.2, -0.15) is 0 Å².